The minimum atomic E-state index is 0.129. The molecule has 0 unspecified atom stereocenters. The molecule has 0 atom stereocenters. The first-order valence-electron chi connectivity index (χ1n) is 8.52. The molecule has 1 aromatic heterocycles. The zero-order valence-electron chi connectivity index (χ0n) is 14.1. The number of hydrogen-bond donors (Lipinski definition) is 0. The van der Waals surface area contributed by atoms with Gasteiger partial charge < -0.3 is 9.64 Å². The molecular weight excluding hydrogens is 332 g/mol. The van der Waals surface area contributed by atoms with Crippen molar-refractivity contribution in [1.82, 2.24) is 9.88 Å². The molecule has 25 heavy (non-hydrogen) atoms. The summed E-state index contributed by atoms with van der Waals surface area (Å²) in [5, 5.41) is 5.24. The Morgan fingerprint density at radius 2 is 2.04 bits per heavy atom. The Balaban J connectivity index is 1.43. The van der Waals surface area contributed by atoms with Gasteiger partial charge in [0.25, 0.3) is 0 Å². The number of nitrogens with zero attached hydrogens (tertiary/aromatic N) is 2. The number of hydrogen-bond acceptors (Lipinski definition) is 4. The number of thiazole rings is 1. The lowest BCUT2D eigenvalue weighted by atomic mass is 10.1. The van der Waals surface area contributed by atoms with Crippen molar-refractivity contribution in [3.05, 3.63) is 58.5 Å². The first kappa shape index (κ1) is 16.1. The lowest BCUT2D eigenvalue weighted by Crippen LogP contribution is -2.30. The SMILES string of the molecule is CC(=O)N(Cc1csc(COc2cccc3ccccc23)n1)C1CC1. The molecule has 0 spiro atoms. The average molecular weight is 352 g/mol. The van der Waals surface area contributed by atoms with E-state index in [2.05, 4.69) is 23.2 Å². The predicted molar refractivity (Wildman–Crippen MR) is 99.6 cm³/mol. The first-order valence-corrected chi connectivity index (χ1v) is 9.40. The minimum absolute atomic E-state index is 0.129. The highest BCUT2D eigenvalue weighted by Crippen LogP contribution is 2.29. The Bertz CT molecular complexity index is 896. The fraction of sp³-hybridized carbons (Fsp3) is 0.300. The van der Waals surface area contributed by atoms with Gasteiger partial charge in [0.2, 0.25) is 5.91 Å². The van der Waals surface area contributed by atoms with Crippen molar-refractivity contribution in [2.45, 2.75) is 39.0 Å². The lowest BCUT2D eigenvalue weighted by molar-refractivity contribution is -0.130. The topological polar surface area (TPSA) is 42.4 Å². The Labute approximate surface area is 151 Å². The highest BCUT2D eigenvalue weighted by molar-refractivity contribution is 7.09. The van der Waals surface area contributed by atoms with Gasteiger partial charge in [-0.2, -0.15) is 0 Å². The molecule has 4 rings (SSSR count). The molecule has 3 aromatic rings. The molecule has 1 fully saturated rings. The number of amides is 1. The molecule has 0 aliphatic heterocycles. The second kappa shape index (κ2) is 6.84. The third kappa shape index (κ3) is 3.66. The molecule has 1 aliphatic rings. The van der Waals surface area contributed by atoms with E-state index in [9.17, 15) is 4.79 Å². The van der Waals surface area contributed by atoms with Crippen LogP contribution in [0.25, 0.3) is 10.8 Å². The molecule has 128 valence electrons. The Kier molecular flexibility index (Phi) is 4.40. The summed E-state index contributed by atoms with van der Waals surface area (Å²) in [6, 6.07) is 14.7. The van der Waals surface area contributed by atoms with Gasteiger partial charge >= 0.3 is 0 Å². The van der Waals surface area contributed by atoms with Crippen molar-refractivity contribution in [2.24, 2.45) is 0 Å². The predicted octanol–water partition coefficient (Wildman–Crippen LogP) is 4.39. The Morgan fingerprint density at radius 1 is 1.24 bits per heavy atom. The van der Waals surface area contributed by atoms with Crippen molar-refractivity contribution in [1.29, 1.82) is 0 Å². The van der Waals surface area contributed by atoms with Crippen molar-refractivity contribution in [3.8, 4) is 5.75 Å². The zero-order chi connectivity index (χ0) is 17.2. The summed E-state index contributed by atoms with van der Waals surface area (Å²) in [6.07, 6.45) is 2.22. The summed E-state index contributed by atoms with van der Waals surface area (Å²) in [5.41, 5.74) is 0.948. The average Bonchev–Trinajstić information content (AvgIpc) is 3.36. The van der Waals surface area contributed by atoms with Gasteiger partial charge in [0.05, 0.1) is 12.2 Å². The van der Waals surface area contributed by atoms with Gasteiger partial charge in [-0.15, -0.1) is 11.3 Å². The van der Waals surface area contributed by atoms with Crippen LogP contribution in [0, 0.1) is 0 Å². The van der Waals surface area contributed by atoms with Crippen LogP contribution < -0.4 is 4.74 Å². The van der Waals surface area contributed by atoms with E-state index in [1.54, 1.807) is 18.3 Å². The molecule has 4 nitrogen and oxygen atoms in total. The number of aromatic nitrogens is 1. The Hall–Kier alpha value is -2.40. The van der Waals surface area contributed by atoms with Crippen LogP contribution in [0.2, 0.25) is 0 Å². The smallest absolute Gasteiger partial charge is 0.220 e. The standard InChI is InChI=1S/C20H20N2O2S/c1-14(23)22(17-9-10-17)11-16-13-25-20(21-16)12-24-19-8-4-6-15-5-2-3-7-18(15)19/h2-8,13,17H,9-12H2,1H3. The number of ether oxygens (including phenoxy) is 1. The van der Waals surface area contributed by atoms with E-state index in [-0.39, 0.29) is 5.91 Å². The van der Waals surface area contributed by atoms with E-state index in [1.165, 1.54) is 5.39 Å². The third-order valence-electron chi connectivity index (χ3n) is 4.42. The van der Waals surface area contributed by atoms with Crippen LogP contribution in [0.4, 0.5) is 0 Å². The van der Waals surface area contributed by atoms with E-state index < -0.39 is 0 Å². The molecule has 5 heteroatoms. The molecule has 1 heterocycles. The lowest BCUT2D eigenvalue weighted by Gasteiger charge is -2.19. The molecule has 1 saturated carbocycles. The molecule has 0 bridgehead atoms. The van der Waals surface area contributed by atoms with Crippen molar-refractivity contribution < 1.29 is 9.53 Å². The van der Waals surface area contributed by atoms with Crippen LogP contribution in [0.5, 0.6) is 5.75 Å². The van der Waals surface area contributed by atoms with Crippen molar-refractivity contribution in [3.63, 3.8) is 0 Å². The number of rotatable bonds is 6. The molecule has 0 saturated heterocycles. The molecule has 0 N–H and O–H groups in total. The molecular formula is C20H20N2O2S. The van der Waals surface area contributed by atoms with E-state index >= 15 is 0 Å². The second-order valence-corrected chi connectivity index (χ2v) is 7.32. The number of carbonyl (C=O) groups excluding carboxylic acids is 1. The number of fused-ring (bicyclic) bond motifs is 1. The summed E-state index contributed by atoms with van der Waals surface area (Å²) >= 11 is 1.59. The maximum Gasteiger partial charge on any atom is 0.220 e. The zero-order valence-corrected chi connectivity index (χ0v) is 15.0. The van der Waals surface area contributed by atoms with E-state index in [0.717, 1.165) is 34.7 Å². The number of carbonyl (C=O) groups is 1. The van der Waals surface area contributed by atoms with Gasteiger partial charge in [-0.05, 0) is 24.3 Å². The van der Waals surface area contributed by atoms with Gasteiger partial charge in [0.15, 0.2) is 0 Å². The van der Waals surface area contributed by atoms with Crippen LogP contribution in [0.15, 0.2) is 47.8 Å². The molecule has 0 radical (unpaired) electrons. The van der Waals surface area contributed by atoms with E-state index in [1.807, 2.05) is 34.5 Å². The number of benzene rings is 2. The summed E-state index contributed by atoms with van der Waals surface area (Å²) in [4.78, 5) is 18.3. The summed E-state index contributed by atoms with van der Waals surface area (Å²) in [5.74, 6) is 1.00. The maximum absolute atomic E-state index is 11.7. The molecule has 1 amide bonds. The third-order valence-corrected chi connectivity index (χ3v) is 5.30. The quantitative estimate of drug-likeness (QED) is 0.661. The van der Waals surface area contributed by atoms with Crippen LogP contribution in [0.3, 0.4) is 0 Å². The van der Waals surface area contributed by atoms with Gasteiger partial charge in [-0.3, -0.25) is 4.79 Å². The fourth-order valence-corrected chi connectivity index (χ4v) is 3.70. The minimum Gasteiger partial charge on any atom is -0.486 e. The van der Waals surface area contributed by atoms with Crippen molar-refractivity contribution >= 4 is 28.0 Å². The van der Waals surface area contributed by atoms with E-state index in [0.29, 0.717) is 19.2 Å². The van der Waals surface area contributed by atoms with Crippen LogP contribution >= 0.6 is 11.3 Å². The molecule has 1 aliphatic carbocycles. The first-order chi connectivity index (χ1) is 12.2. The van der Waals surface area contributed by atoms with Gasteiger partial charge in [-0.25, -0.2) is 4.98 Å². The maximum atomic E-state index is 11.7. The monoisotopic (exact) mass is 352 g/mol. The fourth-order valence-electron chi connectivity index (χ4n) is 3.01. The largest absolute Gasteiger partial charge is 0.486 e. The van der Waals surface area contributed by atoms with Crippen molar-refractivity contribution in [2.75, 3.05) is 0 Å². The molecule has 2 aromatic carbocycles. The van der Waals surface area contributed by atoms with Crippen LogP contribution in [0.1, 0.15) is 30.5 Å². The van der Waals surface area contributed by atoms with E-state index in [4.69, 9.17) is 4.74 Å². The highest BCUT2D eigenvalue weighted by Gasteiger charge is 2.31. The van der Waals surface area contributed by atoms with Gasteiger partial charge in [0.1, 0.15) is 17.4 Å². The summed E-state index contributed by atoms with van der Waals surface area (Å²) in [7, 11) is 0. The van der Waals surface area contributed by atoms with Gasteiger partial charge in [-0.1, -0.05) is 36.4 Å². The summed E-state index contributed by atoms with van der Waals surface area (Å²) in [6.45, 7) is 2.68. The normalized spacial score (nSPS) is 13.8. The van der Waals surface area contributed by atoms with Crippen LogP contribution in [-0.2, 0) is 17.9 Å². The second-order valence-electron chi connectivity index (χ2n) is 6.38. The van der Waals surface area contributed by atoms with Crippen LogP contribution in [-0.4, -0.2) is 21.8 Å². The summed E-state index contributed by atoms with van der Waals surface area (Å²) < 4.78 is 6.00. The Morgan fingerprint density at radius 3 is 2.84 bits per heavy atom. The van der Waals surface area contributed by atoms with Gasteiger partial charge in [0, 0.05) is 23.7 Å². The highest BCUT2D eigenvalue weighted by atomic mass is 32.1.